The van der Waals surface area contributed by atoms with E-state index in [4.69, 9.17) is 11.6 Å². The lowest BCUT2D eigenvalue weighted by Gasteiger charge is -2.25. The molecule has 5 heteroatoms. The van der Waals surface area contributed by atoms with Crippen molar-refractivity contribution in [2.24, 2.45) is 0 Å². The van der Waals surface area contributed by atoms with Crippen LogP contribution in [0.2, 0.25) is 0 Å². The monoisotopic (exact) mass is 298 g/mol. The average molecular weight is 299 g/mol. The Morgan fingerprint density at radius 3 is 2.58 bits per heavy atom. The molecule has 104 valence electrons. The van der Waals surface area contributed by atoms with Gasteiger partial charge in [0.15, 0.2) is 0 Å². The molecule has 1 aliphatic heterocycles. The molecule has 1 amide bonds. The van der Waals surface area contributed by atoms with Crippen LogP contribution >= 0.6 is 23.4 Å². The molecule has 0 spiro atoms. The smallest absolute Gasteiger partial charge is 0.251 e. The largest absolute Gasteiger partial charge is 0.351 e. The molecular weight excluding hydrogens is 280 g/mol. The number of amides is 1. The van der Waals surface area contributed by atoms with Crippen molar-refractivity contribution in [3.8, 4) is 0 Å². The number of carbonyl (C=O) groups is 1. The molecule has 1 aromatic carbocycles. The maximum absolute atomic E-state index is 11.9. The van der Waals surface area contributed by atoms with Gasteiger partial charge in [-0.25, -0.2) is 0 Å². The van der Waals surface area contributed by atoms with E-state index in [9.17, 15) is 4.79 Å². The summed E-state index contributed by atoms with van der Waals surface area (Å²) in [6, 6.07) is 7.43. The van der Waals surface area contributed by atoms with E-state index in [1.807, 2.05) is 36.0 Å². The summed E-state index contributed by atoms with van der Waals surface area (Å²) in [5.74, 6) is 2.88. The normalized spacial score (nSPS) is 16.3. The van der Waals surface area contributed by atoms with Gasteiger partial charge in [-0.3, -0.25) is 9.69 Å². The summed E-state index contributed by atoms with van der Waals surface area (Å²) >= 11 is 7.72. The Kier molecular flexibility index (Phi) is 6.01. The number of thioether (sulfide) groups is 1. The molecule has 1 aromatic rings. The van der Waals surface area contributed by atoms with E-state index in [-0.39, 0.29) is 5.91 Å². The third kappa shape index (κ3) is 4.71. The van der Waals surface area contributed by atoms with Crippen LogP contribution in [0.3, 0.4) is 0 Å². The van der Waals surface area contributed by atoms with Gasteiger partial charge in [-0.1, -0.05) is 12.1 Å². The van der Waals surface area contributed by atoms with Crippen LogP contribution in [0.4, 0.5) is 0 Å². The van der Waals surface area contributed by atoms with E-state index in [0.29, 0.717) is 18.0 Å². The van der Waals surface area contributed by atoms with Crippen LogP contribution in [0.1, 0.15) is 15.9 Å². The van der Waals surface area contributed by atoms with Gasteiger partial charge in [0.25, 0.3) is 5.91 Å². The van der Waals surface area contributed by atoms with Crippen molar-refractivity contribution in [3.63, 3.8) is 0 Å². The van der Waals surface area contributed by atoms with Crippen LogP contribution in [0.25, 0.3) is 0 Å². The second-order valence-electron chi connectivity index (χ2n) is 4.54. The Balaban J connectivity index is 1.73. The van der Waals surface area contributed by atoms with Gasteiger partial charge in [0.05, 0.1) is 0 Å². The predicted octanol–water partition coefficient (Wildman–Crippen LogP) is 2.20. The highest BCUT2D eigenvalue weighted by Crippen LogP contribution is 2.08. The molecule has 0 unspecified atom stereocenters. The zero-order valence-corrected chi connectivity index (χ0v) is 12.5. The van der Waals surface area contributed by atoms with E-state index in [1.54, 1.807) is 0 Å². The number of hydrogen-bond acceptors (Lipinski definition) is 3. The number of halogens is 1. The van der Waals surface area contributed by atoms with E-state index < -0.39 is 0 Å². The third-order valence-corrected chi connectivity index (χ3v) is 4.44. The molecule has 0 atom stereocenters. The van der Waals surface area contributed by atoms with Crippen LogP contribution in [-0.2, 0) is 5.88 Å². The summed E-state index contributed by atoms with van der Waals surface area (Å²) in [7, 11) is 0. The molecule has 0 bridgehead atoms. The molecule has 0 radical (unpaired) electrons. The van der Waals surface area contributed by atoms with Crippen LogP contribution in [0.15, 0.2) is 24.3 Å². The average Bonchev–Trinajstić information content (AvgIpc) is 2.48. The second-order valence-corrected chi connectivity index (χ2v) is 6.03. The standard InChI is InChI=1S/C14H19ClN2OS/c15-11-12-1-3-13(4-2-12)14(18)16-5-6-17-7-9-19-10-8-17/h1-4H,5-11H2,(H,16,18). The van der Waals surface area contributed by atoms with Crippen molar-refractivity contribution in [1.82, 2.24) is 10.2 Å². The lowest BCUT2D eigenvalue weighted by atomic mass is 10.1. The van der Waals surface area contributed by atoms with Gasteiger partial charge in [-0.15, -0.1) is 11.6 Å². The van der Waals surface area contributed by atoms with Gasteiger partial charge in [-0.05, 0) is 17.7 Å². The molecule has 3 nitrogen and oxygen atoms in total. The Labute approximate surface area is 123 Å². The summed E-state index contributed by atoms with van der Waals surface area (Å²) in [6.45, 7) is 3.91. The van der Waals surface area contributed by atoms with Crippen molar-refractivity contribution in [1.29, 1.82) is 0 Å². The van der Waals surface area contributed by atoms with Crippen molar-refractivity contribution >= 4 is 29.3 Å². The maximum Gasteiger partial charge on any atom is 0.251 e. The van der Waals surface area contributed by atoms with E-state index in [2.05, 4.69) is 10.2 Å². The van der Waals surface area contributed by atoms with E-state index >= 15 is 0 Å². The van der Waals surface area contributed by atoms with Gasteiger partial charge in [0.1, 0.15) is 0 Å². The minimum Gasteiger partial charge on any atom is -0.351 e. The molecule has 0 saturated carbocycles. The highest BCUT2D eigenvalue weighted by molar-refractivity contribution is 7.99. The van der Waals surface area contributed by atoms with Crippen LogP contribution in [0.5, 0.6) is 0 Å². The highest BCUT2D eigenvalue weighted by atomic mass is 35.5. The second kappa shape index (κ2) is 7.78. The van der Waals surface area contributed by atoms with E-state index in [0.717, 1.165) is 25.2 Å². The number of alkyl halides is 1. The molecule has 0 aromatic heterocycles. The Morgan fingerprint density at radius 2 is 1.95 bits per heavy atom. The molecular formula is C14H19ClN2OS. The number of rotatable bonds is 5. The number of benzene rings is 1. The van der Waals surface area contributed by atoms with Gasteiger partial charge >= 0.3 is 0 Å². The predicted molar refractivity (Wildman–Crippen MR) is 82.1 cm³/mol. The summed E-state index contributed by atoms with van der Waals surface area (Å²) in [5, 5.41) is 2.96. The van der Waals surface area contributed by atoms with Gasteiger partial charge < -0.3 is 5.32 Å². The Hall–Kier alpha value is -0.710. The third-order valence-electron chi connectivity index (χ3n) is 3.19. The van der Waals surface area contributed by atoms with Crippen LogP contribution in [-0.4, -0.2) is 48.5 Å². The maximum atomic E-state index is 11.9. The minimum atomic E-state index is -0.00694. The number of nitrogens with zero attached hydrogens (tertiary/aromatic N) is 1. The first-order valence-corrected chi connectivity index (χ1v) is 8.22. The quantitative estimate of drug-likeness (QED) is 0.846. The highest BCUT2D eigenvalue weighted by Gasteiger charge is 2.10. The first-order chi connectivity index (χ1) is 9.29. The first kappa shape index (κ1) is 14.7. The molecule has 0 aliphatic carbocycles. The minimum absolute atomic E-state index is 0.00694. The number of nitrogens with one attached hydrogen (secondary N) is 1. The summed E-state index contributed by atoms with van der Waals surface area (Å²) in [5.41, 5.74) is 1.73. The molecule has 1 N–H and O–H groups in total. The summed E-state index contributed by atoms with van der Waals surface area (Å²) in [4.78, 5) is 14.3. The van der Waals surface area contributed by atoms with Crippen LogP contribution < -0.4 is 5.32 Å². The van der Waals surface area contributed by atoms with Gasteiger partial charge in [0, 0.05) is 49.1 Å². The molecule has 1 aliphatic rings. The van der Waals surface area contributed by atoms with Crippen molar-refractivity contribution in [2.45, 2.75) is 5.88 Å². The number of hydrogen-bond donors (Lipinski definition) is 1. The fraction of sp³-hybridized carbons (Fsp3) is 0.500. The lowest BCUT2D eigenvalue weighted by molar-refractivity contribution is 0.0949. The topological polar surface area (TPSA) is 32.3 Å². The van der Waals surface area contributed by atoms with Crippen molar-refractivity contribution in [3.05, 3.63) is 35.4 Å². The molecule has 1 saturated heterocycles. The van der Waals surface area contributed by atoms with Crippen molar-refractivity contribution < 1.29 is 4.79 Å². The molecule has 2 rings (SSSR count). The van der Waals surface area contributed by atoms with Crippen LogP contribution in [0, 0.1) is 0 Å². The fourth-order valence-corrected chi connectivity index (χ4v) is 3.16. The van der Waals surface area contributed by atoms with Gasteiger partial charge in [-0.2, -0.15) is 11.8 Å². The summed E-state index contributed by atoms with van der Waals surface area (Å²) in [6.07, 6.45) is 0. The number of carbonyl (C=O) groups excluding carboxylic acids is 1. The molecule has 19 heavy (non-hydrogen) atoms. The van der Waals surface area contributed by atoms with Crippen molar-refractivity contribution in [2.75, 3.05) is 37.7 Å². The summed E-state index contributed by atoms with van der Waals surface area (Å²) < 4.78 is 0. The Morgan fingerprint density at radius 1 is 1.26 bits per heavy atom. The Bertz CT molecular complexity index is 404. The molecule has 1 heterocycles. The zero-order chi connectivity index (χ0) is 13.5. The lowest BCUT2D eigenvalue weighted by Crippen LogP contribution is -2.39. The first-order valence-electron chi connectivity index (χ1n) is 6.53. The van der Waals surface area contributed by atoms with Gasteiger partial charge in [0.2, 0.25) is 0 Å². The molecule has 1 fully saturated rings. The van der Waals surface area contributed by atoms with E-state index in [1.165, 1.54) is 11.5 Å². The zero-order valence-electron chi connectivity index (χ0n) is 10.9. The SMILES string of the molecule is O=C(NCCN1CCSCC1)c1ccc(CCl)cc1. The fourth-order valence-electron chi connectivity index (χ4n) is 2.00.